The fraction of sp³-hybridized carbons (Fsp3) is 0.667. The highest BCUT2D eigenvalue weighted by Gasteiger charge is 2.21. The van der Waals surface area contributed by atoms with E-state index in [4.69, 9.17) is 9.05 Å². The standard InChI is InChI=1S/C15H23N5O2/c1-10-14(11(2)21-18-10)7-16-13-5-4-6-20(8-13)9-15-17-12(3)22-19-15/h13,16H,4-9H2,1-3H3/t13-/m1/s1. The number of nitrogens with one attached hydrogen (secondary N) is 1. The van der Waals surface area contributed by atoms with Gasteiger partial charge in [0.05, 0.1) is 12.2 Å². The molecule has 120 valence electrons. The van der Waals surface area contributed by atoms with Crippen molar-refractivity contribution in [1.82, 2.24) is 25.5 Å². The highest BCUT2D eigenvalue weighted by atomic mass is 16.5. The van der Waals surface area contributed by atoms with Crippen LogP contribution in [0.4, 0.5) is 0 Å². The van der Waals surface area contributed by atoms with E-state index in [1.807, 2.05) is 20.8 Å². The molecular formula is C15H23N5O2. The lowest BCUT2D eigenvalue weighted by Crippen LogP contribution is -2.45. The fourth-order valence-electron chi connectivity index (χ4n) is 2.97. The summed E-state index contributed by atoms with van der Waals surface area (Å²) >= 11 is 0. The monoisotopic (exact) mass is 305 g/mol. The van der Waals surface area contributed by atoms with Crippen LogP contribution in [0.1, 0.15) is 41.6 Å². The van der Waals surface area contributed by atoms with Crippen molar-refractivity contribution < 1.29 is 9.05 Å². The Morgan fingerprint density at radius 2 is 2.09 bits per heavy atom. The van der Waals surface area contributed by atoms with Crippen molar-refractivity contribution in [2.45, 2.75) is 52.7 Å². The molecule has 2 aromatic heterocycles. The van der Waals surface area contributed by atoms with Gasteiger partial charge in [0.1, 0.15) is 5.76 Å². The summed E-state index contributed by atoms with van der Waals surface area (Å²) < 4.78 is 10.2. The molecule has 1 atom stereocenters. The van der Waals surface area contributed by atoms with Gasteiger partial charge in [0, 0.05) is 31.6 Å². The van der Waals surface area contributed by atoms with Crippen molar-refractivity contribution in [1.29, 1.82) is 0 Å². The minimum Gasteiger partial charge on any atom is -0.361 e. The molecule has 22 heavy (non-hydrogen) atoms. The first-order chi connectivity index (χ1) is 10.6. The number of nitrogens with zero attached hydrogens (tertiary/aromatic N) is 4. The Hall–Kier alpha value is -1.73. The van der Waals surface area contributed by atoms with Crippen molar-refractivity contribution in [2.75, 3.05) is 13.1 Å². The van der Waals surface area contributed by atoms with E-state index in [0.717, 1.165) is 43.5 Å². The van der Waals surface area contributed by atoms with Crippen LogP contribution in [-0.2, 0) is 13.1 Å². The van der Waals surface area contributed by atoms with E-state index in [-0.39, 0.29) is 0 Å². The molecule has 0 amide bonds. The molecule has 3 heterocycles. The second-order valence-corrected chi connectivity index (χ2v) is 5.99. The van der Waals surface area contributed by atoms with Crippen molar-refractivity contribution in [2.24, 2.45) is 0 Å². The molecule has 0 bridgehead atoms. The maximum atomic E-state index is 5.21. The number of aromatic nitrogens is 3. The molecule has 0 aliphatic carbocycles. The fourth-order valence-corrected chi connectivity index (χ4v) is 2.97. The van der Waals surface area contributed by atoms with Crippen LogP contribution in [-0.4, -0.2) is 39.3 Å². The molecule has 0 saturated carbocycles. The average Bonchev–Trinajstić information content (AvgIpc) is 3.04. The van der Waals surface area contributed by atoms with Crippen molar-refractivity contribution in [3.8, 4) is 0 Å². The number of aryl methyl sites for hydroxylation is 3. The molecule has 7 nitrogen and oxygen atoms in total. The Morgan fingerprint density at radius 1 is 1.23 bits per heavy atom. The van der Waals surface area contributed by atoms with Gasteiger partial charge >= 0.3 is 0 Å². The molecule has 1 N–H and O–H groups in total. The largest absolute Gasteiger partial charge is 0.361 e. The van der Waals surface area contributed by atoms with Crippen molar-refractivity contribution in [3.05, 3.63) is 28.7 Å². The van der Waals surface area contributed by atoms with Crippen LogP contribution >= 0.6 is 0 Å². The van der Waals surface area contributed by atoms with Crippen LogP contribution in [0.5, 0.6) is 0 Å². The summed E-state index contributed by atoms with van der Waals surface area (Å²) in [6.07, 6.45) is 2.36. The first-order valence-corrected chi connectivity index (χ1v) is 7.78. The number of likely N-dealkylation sites (tertiary alicyclic amines) is 1. The molecule has 2 aromatic rings. The van der Waals surface area contributed by atoms with Crippen LogP contribution in [0, 0.1) is 20.8 Å². The molecule has 0 unspecified atom stereocenters. The van der Waals surface area contributed by atoms with Gasteiger partial charge in [-0.25, -0.2) is 0 Å². The summed E-state index contributed by atoms with van der Waals surface area (Å²) in [5.74, 6) is 2.30. The van der Waals surface area contributed by atoms with Crippen LogP contribution in [0.3, 0.4) is 0 Å². The van der Waals surface area contributed by atoms with E-state index >= 15 is 0 Å². The lowest BCUT2D eigenvalue weighted by atomic mass is 10.0. The van der Waals surface area contributed by atoms with Crippen LogP contribution < -0.4 is 5.32 Å². The summed E-state index contributed by atoms with van der Waals surface area (Å²) in [7, 11) is 0. The molecule has 7 heteroatoms. The SMILES string of the molecule is Cc1nc(CN2CCC[C@@H](NCc3c(C)noc3C)C2)no1. The highest BCUT2D eigenvalue weighted by molar-refractivity contribution is 5.20. The molecule has 1 fully saturated rings. The maximum Gasteiger partial charge on any atom is 0.223 e. The summed E-state index contributed by atoms with van der Waals surface area (Å²) in [4.78, 5) is 6.65. The molecule has 0 aromatic carbocycles. The second-order valence-electron chi connectivity index (χ2n) is 5.99. The quantitative estimate of drug-likeness (QED) is 0.901. The average molecular weight is 305 g/mol. The second kappa shape index (κ2) is 6.58. The molecule has 0 radical (unpaired) electrons. The molecule has 3 rings (SSSR count). The van der Waals surface area contributed by atoms with Gasteiger partial charge in [0.25, 0.3) is 0 Å². The summed E-state index contributed by atoms with van der Waals surface area (Å²) in [6, 6.07) is 0.468. The van der Waals surface area contributed by atoms with E-state index in [1.165, 1.54) is 18.4 Å². The molecule has 1 saturated heterocycles. The van der Waals surface area contributed by atoms with Gasteiger partial charge in [0.2, 0.25) is 5.89 Å². The Morgan fingerprint density at radius 3 is 2.77 bits per heavy atom. The van der Waals surface area contributed by atoms with Gasteiger partial charge in [0.15, 0.2) is 5.82 Å². The van der Waals surface area contributed by atoms with Crippen molar-refractivity contribution >= 4 is 0 Å². The molecule has 1 aliphatic heterocycles. The maximum absolute atomic E-state index is 5.21. The van der Waals surface area contributed by atoms with Gasteiger partial charge in [-0.15, -0.1) is 0 Å². The number of piperidine rings is 1. The molecular weight excluding hydrogens is 282 g/mol. The summed E-state index contributed by atoms with van der Waals surface area (Å²) in [5, 5.41) is 11.6. The normalized spacial score (nSPS) is 19.7. The smallest absolute Gasteiger partial charge is 0.223 e. The van der Waals surface area contributed by atoms with Gasteiger partial charge in [-0.3, -0.25) is 4.90 Å². The zero-order valence-corrected chi connectivity index (χ0v) is 13.4. The van der Waals surface area contributed by atoms with E-state index in [9.17, 15) is 0 Å². The lowest BCUT2D eigenvalue weighted by molar-refractivity contribution is 0.177. The predicted octanol–water partition coefficient (Wildman–Crippen LogP) is 1.74. The number of rotatable bonds is 5. The minimum atomic E-state index is 0.468. The molecule has 1 aliphatic rings. The lowest BCUT2D eigenvalue weighted by Gasteiger charge is -2.32. The minimum absolute atomic E-state index is 0.468. The summed E-state index contributed by atoms with van der Waals surface area (Å²) in [6.45, 7) is 9.40. The zero-order chi connectivity index (χ0) is 15.5. The number of hydrogen-bond acceptors (Lipinski definition) is 7. The topological polar surface area (TPSA) is 80.2 Å². The predicted molar refractivity (Wildman–Crippen MR) is 80.2 cm³/mol. The van der Waals surface area contributed by atoms with E-state index in [2.05, 4.69) is 25.5 Å². The molecule has 0 spiro atoms. The Bertz CT molecular complexity index is 602. The third kappa shape index (κ3) is 3.53. The van der Waals surface area contributed by atoms with E-state index in [1.54, 1.807) is 0 Å². The van der Waals surface area contributed by atoms with Crippen LogP contribution in [0.15, 0.2) is 9.05 Å². The first kappa shape index (κ1) is 15.2. The van der Waals surface area contributed by atoms with Crippen molar-refractivity contribution in [3.63, 3.8) is 0 Å². The van der Waals surface area contributed by atoms with Crippen LogP contribution in [0.25, 0.3) is 0 Å². The van der Waals surface area contributed by atoms with Gasteiger partial charge in [-0.1, -0.05) is 10.3 Å². The van der Waals surface area contributed by atoms with E-state index in [0.29, 0.717) is 11.9 Å². The highest BCUT2D eigenvalue weighted by Crippen LogP contribution is 2.15. The van der Waals surface area contributed by atoms with Gasteiger partial charge < -0.3 is 14.4 Å². The summed E-state index contributed by atoms with van der Waals surface area (Å²) in [5.41, 5.74) is 2.14. The third-order valence-electron chi connectivity index (χ3n) is 4.19. The Balaban J connectivity index is 1.52. The van der Waals surface area contributed by atoms with Gasteiger partial charge in [-0.05, 0) is 33.2 Å². The number of hydrogen-bond donors (Lipinski definition) is 1. The zero-order valence-electron chi connectivity index (χ0n) is 13.4. The van der Waals surface area contributed by atoms with E-state index < -0.39 is 0 Å². The third-order valence-corrected chi connectivity index (χ3v) is 4.19. The Kier molecular flexibility index (Phi) is 4.54. The first-order valence-electron chi connectivity index (χ1n) is 7.78. The van der Waals surface area contributed by atoms with Crippen LogP contribution in [0.2, 0.25) is 0 Å². The Labute approximate surface area is 130 Å². The van der Waals surface area contributed by atoms with Gasteiger partial charge in [-0.2, -0.15) is 4.98 Å².